The molecule has 1 aliphatic rings. The van der Waals surface area contributed by atoms with Crippen LogP contribution in [0.1, 0.15) is 48.5 Å². The van der Waals surface area contributed by atoms with Gasteiger partial charge in [0.2, 0.25) is 0 Å². The Morgan fingerprint density at radius 3 is 2.54 bits per heavy atom. The molecule has 1 aliphatic carbocycles. The smallest absolute Gasteiger partial charge is 0.338 e. The summed E-state index contributed by atoms with van der Waals surface area (Å²) in [4.78, 5) is 23.8. The topological polar surface area (TPSA) is 76.7 Å². The fourth-order valence-corrected chi connectivity index (χ4v) is 2.89. The number of esters is 1. The predicted molar refractivity (Wildman–Crippen MR) is 91.4 cm³/mol. The lowest BCUT2D eigenvalue weighted by Gasteiger charge is -2.29. The Balaban J connectivity index is 1.83. The number of hydrogen-bond donors (Lipinski definition) is 2. The number of benzene rings is 1. The maximum absolute atomic E-state index is 12.3. The molecule has 1 aromatic carbocycles. The van der Waals surface area contributed by atoms with Crippen molar-refractivity contribution in [3.05, 3.63) is 29.3 Å². The van der Waals surface area contributed by atoms with Crippen molar-refractivity contribution in [2.45, 2.75) is 51.7 Å². The van der Waals surface area contributed by atoms with Crippen LogP contribution in [0.3, 0.4) is 0 Å². The second-order valence-electron chi connectivity index (χ2n) is 6.07. The minimum atomic E-state index is -0.326. The number of urea groups is 1. The molecule has 1 saturated carbocycles. The van der Waals surface area contributed by atoms with Crippen LogP contribution < -0.4 is 15.4 Å². The lowest BCUT2D eigenvalue weighted by molar-refractivity contribution is 0.0188. The number of nitrogens with one attached hydrogen (secondary N) is 2. The highest BCUT2D eigenvalue weighted by atomic mass is 16.5. The lowest BCUT2D eigenvalue weighted by Crippen LogP contribution is -2.44. The number of carbonyl (C=O) groups excluding carboxylic acids is 2. The van der Waals surface area contributed by atoms with E-state index in [4.69, 9.17) is 9.47 Å². The van der Waals surface area contributed by atoms with E-state index in [1.54, 1.807) is 19.2 Å². The van der Waals surface area contributed by atoms with Gasteiger partial charge in [-0.25, -0.2) is 9.59 Å². The van der Waals surface area contributed by atoms with E-state index < -0.39 is 0 Å². The number of ether oxygens (including phenoxy) is 2. The molecule has 0 aromatic heterocycles. The first kappa shape index (κ1) is 18.1. The molecular weight excluding hydrogens is 308 g/mol. The monoisotopic (exact) mass is 334 g/mol. The molecule has 1 aromatic rings. The zero-order chi connectivity index (χ0) is 17.5. The summed E-state index contributed by atoms with van der Waals surface area (Å²) < 4.78 is 10.8. The van der Waals surface area contributed by atoms with Gasteiger partial charge in [0.25, 0.3) is 0 Å². The van der Waals surface area contributed by atoms with Gasteiger partial charge in [-0.15, -0.1) is 0 Å². The Morgan fingerprint density at radius 1 is 1.21 bits per heavy atom. The van der Waals surface area contributed by atoms with Crippen molar-refractivity contribution >= 4 is 12.0 Å². The third kappa shape index (κ3) is 4.88. The SMILES string of the molecule is CCNC(=O)NC1CCC(OC(=O)c2ccc(C)c(OC)c2)CC1. The molecule has 2 N–H and O–H groups in total. The van der Waals surface area contributed by atoms with Gasteiger partial charge in [0.1, 0.15) is 11.9 Å². The van der Waals surface area contributed by atoms with Crippen LogP contribution in [0.2, 0.25) is 0 Å². The minimum absolute atomic E-state index is 0.0999. The van der Waals surface area contributed by atoms with Gasteiger partial charge in [-0.1, -0.05) is 6.07 Å². The molecule has 0 saturated heterocycles. The molecule has 0 spiro atoms. The Labute approximate surface area is 142 Å². The van der Waals surface area contributed by atoms with Crippen molar-refractivity contribution in [1.29, 1.82) is 0 Å². The van der Waals surface area contributed by atoms with Gasteiger partial charge in [-0.05, 0) is 57.2 Å². The van der Waals surface area contributed by atoms with E-state index >= 15 is 0 Å². The van der Waals surface area contributed by atoms with Crippen molar-refractivity contribution in [1.82, 2.24) is 10.6 Å². The third-order valence-corrected chi connectivity index (χ3v) is 4.26. The van der Waals surface area contributed by atoms with Crippen molar-refractivity contribution in [2.24, 2.45) is 0 Å². The van der Waals surface area contributed by atoms with Crippen LogP contribution >= 0.6 is 0 Å². The van der Waals surface area contributed by atoms with E-state index in [0.717, 1.165) is 31.2 Å². The Kier molecular flexibility index (Phi) is 6.46. The van der Waals surface area contributed by atoms with Crippen molar-refractivity contribution in [3.8, 4) is 5.75 Å². The lowest BCUT2D eigenvalue weighted by atomic mass is 9.93. The molecule has 0 unspecified atom stereocenters. The zero-order valence-electron chi connectivity index (χ0n) is 14.6. The molecule has 0 radical (unpaired) electrons. The van der Waals surface area contributed by atoms with Crippen LogP contribution in [0.15, 0.2) is 18.2 Å². The summed E-state index contributed by atoms with van der Waals surface area (Å²) in [6.07, 6.45) is 3.04. The van der Waals surface area contributed by atoms with Crippen molar-refractivity contribution < 1.29 is 19.1 Å². The normalized spacial score (nSPS) is 20.1. The molecule has 2 rings (SSSR count). The van der Waals surface area contributed by atoms with Crippen molar-refractivity contribution in [3.63, 3.8) is 0 Å². The van der Waals surface area contributed by atoms with Crippen LogP contribution in [0.4, 0.5) is 4.79 Å². The van der Waals surface area contributed by atoms with Gasteiger partial charge < -0.3 is 20.1 Å². The Bertz CT molecular complexity index is 580. The van der Waals surface area contributed by atoms with E-state index in [1.165, 1.54) is 0 Å². The van der Waals surface area contributed by atoms with Crippen LogP contribution in [0.25, 0.3) is 0 Å². The van der Waals surface area contributed by atoms with Gasteiger partial charge in [-0.3, -0.25) is 0 Å². The summed E-state index contributed by atoms with van der Waals surface area (Å²) in [5.41, 5.74) is 1.48. The number of aryl methyl sites for hydroxylation is 1. The molecule has 0 bridgehead atoms. The highest BCUT2D eigenvalue weighted by Gasteiger charge is 2.25. The number of rotatable bonds is 5. The van der Waals surface area contributed by atoms with Gasteiger partial charge in [0.15, 0.2) is 0 Å². The van der Waals surface area contributed by atoms with Crippen LogP contribution in [0, 0.1) is 6.92 Å². The summed E-state index contributed by atoms with van der Waals surface area (Å²) >= 11 is 0. The number of hydrogen-bond acceptors (Lipinski definition) is 4. The summed E-state index contributed by atoms with van der Waals surface area (Å²) in [5, 5.41) is 5.67. The first-order valence-electron chi connectivity index (χ1n) is 8.43. The molecule has 0 heterocycles. The molecule has 1 fully saturated rings. The van der Waals surface area contributed by atoms with E-state index in [-0.39, 0.29) is 24.1 Å². The zero-order valence-corrected chi connectivity index (χ0v) is 14.6. The molecular formula is C18H26N2O4. The third-order valence-electron chi connectivity index (χ3n) is 4.26. The van der Waals surface area contributed by atoms with Crippen LogP contribution in [-0.2, 0) is 4.74 Å². The number of amides is 2. The first-order valence-corrected chi connectivity index (χ1v) is 8.43. The highest BCUT2D eigenvalue weighted by Crippen LogP contribution is 2.24. The van der Waals surface area contributed by atoms with Gasteiger partial charge >= 0.3 is 12.0 Å². The van der Waals surface area contributed by atoms with E-state index in [1.807, 2.05) is 19.9 Å². The minimum Gasteiger partial charge on any atom is -0.496 e. The Hall–Kier alpha value is -2.24. The predicted octanol–water partition coefficient (Wildman–Crippen LogP) is 2.79. The van der Waals surface area contributed by atoms with Crippen molar-refractivity contribution in [2.75, 3.05) is 13.7 Å². The maximum Gasteiger partial charge on any atom is 0.338 e. The molecule has 0 atom stereocenters. The molecule has 6 nitrogen and oxygen atoms in total. The number of methoxy groups -OCH3 is 1. The van der Waals surface area contributed by atoms with E-state index in [2.05, 4.69) is 10.6 Å². The highest BCUT2D eigenvalue weighted by molar-refractivity contribution is 5.90. The van der Waals surface area contributed by atoms with Crippen LogP contribution in [-0.4, -0.2) is 37.8 Å². The summed E-state index contributed by atoms with van der Waals surface area (Å²) in [7, 11) is 1.58. The van der Waals surface area contributed by atoms with Gasteiger partial charge in [0.05, 0.1) is 12.7 Å². The molecule has 24 heavy (non-hydrogen) atoms. The molecule has 0 aliphatic heterocycles. The fourth-order valence-electron chi connectivity index (χ4n) is 2.89. The van der Waals surface area contributed by atoms with E-state index in [9.17, 15) is 9.59 Å². The first-order chi connectivity index (χ1) is 11.5. The summed E-state index contributed by atoms with van der Waals surface area (Å²) in [5.74, 6) is 0.354. The summed E-state index contributed by atoms with van der Waals surface area (Å²) in [6.45, 7) is 4.42. The quantitative estimate of drug-likeness (QED) is 0.812. The number of carbonyl (C=O) groups is 2. The molecule has 132 valence electrons. The average molecular weight is 334 g/mol. The molecule has 2 amide bonds. The second-order valence-corrected chi connectivity index (χ2v) is 6.07. The standard InChI is InChI=1S/C18H26N2O4/c1-4-19-18(22)20-14-7-9-15(10-8-14)24-17(21)13-6-5-12(2)16(11-13)23-3/h5-6,11,14-15H,4,7-10H2,1-3H3,(H2,19,20,22). The summed E-state index contributed by atoms with van der Waals surface area (Å²) in [6, 6.07) is 5.32. The van der Waals surface area contributed by atoms with Crippen LogP contribution in [0.5, 0.6) is 5.75 Å². The average Bonchev–Trinajstić information content (AvgIpc) is 2.57. The second kappa shape index (κ2) is 8.57. The van der Waals surface area contributed by atoms with E-state index in [0.29, 0.717) is 17.9 Å². The Morgan fingerprint density at radius 2 is 1.92 bits per heavy atom. The fraction of sp³-hybridized carbons (Fsp3) is 0.556. The molecule has 6 heteroatoms. The van der Waals surface area contributed by atoms with Gasteiger partial charge in [0, 0.05) is 12.6 Å². The van der Waals surface area contributed by atoms with Gasteiger partial charge in [-0.2, -0.15) is 0 Å². The largest absolute Gasteiger partial charge is 0.496 e. The maximum atomic E-state index is 12.3.